The smallest absolute Gasteiger partial charge is 0.224 e. The first-order chi connectivity index (χ1) is 12.9. The minimum Gasteiger partial charge on any atom is -0.497 e. The van der Waals surface area contributed by atoms with Gasteiger partial charge in [-0.05, 0) is 42.8 Å². The molecule has 2 aromatic carbocycles. The molecule has 5 nitrogen and oxygen atoms in total. The van der Waals surface area contributed by atoms with Crippen LogP contribution < -0.4 is 15.4 Å². The molecule has 138 valence electrons. The summed E-state index contributed by atoms with van der Waals surface area (Å²) < 4.78 is 5.09. The van der Waals surface area contributed by atoms with Crippen molar-refractivity contribution in [3.05, 3.63) is 75.6 Å². The van der Waals surface area contributed by atoms with Crippen LogP contribution in [0.2, 0.25) is 0 Å². The first-order valence-electron chi connectivity index (χ1n) is 8.05. The van der Waals surface area contributed by atoms with Gasteiger partial charge in [0.15, 0.2) is 0 Å². The van der Waals surface area contributed by atoms with Gasteiger partial charge in [-0.2, -0.15) is 0 Å². The molecule has 1 aliphatic rings. The van der Waals surface area contributed by atoms with Crippen LogP contribution in [0.25, 0.3) is 0 Å². The maximum Gasteiger partial charge on any atom is 0.224 e. The maximum absolute atomic E-state index is 12.7. The summed E-state index contributed by atoms with van der Waals surface area (Å²) in [6, 6.07) is 14.2. The lowest BCUT2D eigenvalue weighted by molar-refractivity contribution is -0.115. The van der Waals surface area contributed by atoms with E-state index in [0.717, 1.165) is 5.56 Å². The number of para-hydroxylation sites is 1. The number of anilines is 2. The highest BCUT2D eigenvalue weighted by Gasteiger charge is 2.33. The molecule has 0 amide bonds. The van der Waals surface area contributed by atoms with Crippen molar-refractivity contribution in [3.8, 4) is 5.75 Å². The van der Waals surface area contributed by atoms with Crippen molar-refractivity contribution in [1.29, 1.82) is 0 Å². The molecule has 0 spiro atoms. The molecule has 1 aliphatic carbocycles. The molecule has 0 bridgehead atoms. The van der Waals surface area contributed by atoms with Gasteiger partial charge in [0.25, 0.3) is 0 Å². The summed E-state index contributed by atoms with van der Waals surface area (Å²) in [5, 5.41) is 5.34. The number of carbonyl (C=O) groups is 2. The quantitative estimate of drug-likeness (QED) is 0.716. The predicted octanol–water partition coefficient (Wildman–Crippen LogP) is 4.58. The van der Waals surface area contributed by atoms with Crippen LogP contribution in [-0.4, -0.2) is 18.7 Å². The third-order valence-corrected chi connectivity index (χ3v) is 4.78. The molecular formula is C20H16Cl2N2O3. The van der Waals surface area contributed by atoms with Crippen LogP contribution in [-0.2, 0) is 9.59 Å². The minimum atomic E-state index is -0.562. The van der Waals surface area contributed by atoms with Crippen molar-refractivity contribution < 1.29 is 14.3 Å². The zero-order valence-corrected chi connectivity index (χ0v) is 16.1. The van der Waals surface area contributed by atoms with Gasteiger partial charge in [-0.15, -0.1) is 0 Å². The van der Waals surface area contributed by atoms with E-state index >= 15 is 0 Å². The summed E-state index contributed by atoms with van der Waals surface area (Å²) in [5.74, 6) is -0.456. The van der Waals surface area contributed by atoms with Gasteiger partial charge in [-0.3, -0.25) is 9.59 Å². The van der Waals surface area contributed by atoms with E-state index in [2.05, 4.69) is 10.6 Å². The zero-order valence-electron chi connectivity index (χ0n) is 14.6. The van der Waals surface area contributed by atoms with Crippen LogP contribution in [0, 0.1) is 6.92 Å². The summed E-state index contributed by atoms with van der Waals surface area (Å²) in [6.45, 7) is 1.88. The monoisotopic (exact) mass is 402 g/mol. The third kappa shape index (κ3) is 3.84. The number of ketones is 2. The lowest BCUT2D eigenvalue weighted by Crippen LogP contribution is -2.27. The third-order valence-electron chi connectivity index (χ3n) is 4.06. The standard InChI is InChI=1S/C20H16Cl2N2O3/c1-11-5-3-4-6-14(11)24-18-16(22)19(25)17(15(21)20(18)26)23-12-7-9-13(27-2)10-8-12/h3-10,23-24H,1-2H3. The number of carbonyl (C=O) groups excluding carboxylic acids is 2. The Hall–Kier alpha value is -2.76. The second-order valence-electron chi connectivity index (χ2n) is 5.83. The number of aryl methyl sites for hydroxylation is 1. The number of benzene rings is 2. The molecule has 2 aromatic rings. The number of rotatable bonds is 5. The lowest BCUT2D eigenvalue weighted by atomic mass is 10.0. The maximum atomic E-state index is 12.7. The number of halogens is 2. The van der Waals surface area contributed by atoms with Crippen molar-refractivity contribution in [2.45, 2.75) is 6.92 Å². The molecular weight excluding hydrogens is 387 g/mol. The van der Waals surface area contributed by atoms with Crippen molar-refractivity contribution in [1.82, 2.24) is 0 Å². The van der Waals surface area contributed by atoms with Gasteiger partial charge in [0, 0.05) is 11.4 Å². The second kappa shape index (κ2) is 7.86. The number of Topliss-reactive ketones (excluding diaryl/α,β-unsaturated/α-hetero) is 2. The van der Waals surface area contributed by atoms with Crippen molar-refractivity contribution in [2.75, 3.05) is 17.7 Å². The fourth-order valence-electron chi connectivity index (χ4n) is 2.54. The topological polar surface area (TPSA) is 67.4 Å². The minimum absolute atomic E-state index is 0.0405. The van der Waals surface area contributed by atoms with E-state index in [1.807, 2.05) is 25.1 Å². The average molecular weight is 403 g/mol. The van der Waals surface area contributed by atoms with E-state index < -0.39 is 11.6 Å². The Bertz CT molecular complexity index is 979. The molecule has 0 atom stereocenters. The summed E-state index contributed by atoms with van der Waals surface area (Å²) in [6.07, 6.45) is 0. The Balaban J connectivity index is 1.89. The Labute approximate surface area is 166 Å². The average Bonchev–Trinajstić information content (AvgIpc) is 2.69. The van der Waals surface area contributed by atoms with Crippen LogP contribution in [0.5, 0.6) is 5.75 Å². The van der Waals surface area contributed by atoms with Crippen molar-refractivity contribution in [2.24, 2.45) is 0 Å². The first kappa shape index (κ1) is 19.0. The second-order valence-corrected chi connectivity index (χ2v) is 6.59. The number of methoxy groups -OCH3 is 1. The molecule has 27 heavy (non-hydrogen) atoms. The van der Waals surface area contributed by atoms with Gasteiger partial charge in [0.1, 0.15) is 27.2 Å². The Morgan fingerprint density at radius 3 is 1.93 bits per heavy atom. The number of nitrogens with one attached hydrogen (secondary N) is 2. The van der Waals surface area contributed by atoms with Crippen molar-refractivity contribution >= 4 is 46.1 Å². The van der Waals surface area contributed by atoms with Crippen molar-refractivity contribution in [3.63, 3.8) is 0 Å². The lowest BCUT2D eigenvalue weighted by Gasteiger charge is -2.21. The van der Waals surface area contributed by atoms with Crippen LogP contribution in [0.3, 0.4) is 0 Å². The Morgan fingerprint density at radius 1 is 0.815 bits per heavy atom. The van der Waals surface area contributed by atoms with E-state index in [1.54, 1.807) is 37.4 Å². The van der Waals surface area contributed by atoms with Gasteiger partial charge in [-0.1, -0.05) is 41.4 Å². The van der Waals surface area contributed by atoms with Crippen LogP contribution in [0.15, 0.2) is 70.0 Å². The molecule has 0 fully saturated rings. The Kier molecular flexibility index (Phi) is 5.54. The van der Waals surface area contributed by atoms with Crippen LogP contribution in [0.4, 0.5) is 11.4 Å². The normalized spacial score (nSPS) is 14.5. The van der Waals surface area contributed by atoms with E-state index in [1.165, 1.54) is 0 Å². The Morgan fingerprint density at radius 2 is 1.37 bits per heavy atom. The summed E-state index contributed by atoms with van der Waals surface area (Å²) in [4.78, 5) is 25.4. The molecule has 2 N–H and O–H groups in total. The molecule has 0 radical (unpaired) electrons. The van der Waals surface area contributed by atoms with E-state index in [4.69, 9.17) is 27.9 Å². The van der Waals surface area contributed by atoms with Gasteiger partial charge >= 0.3 is 0 Å². The zero-order chi connectivity index (χ0) is 19.6. The van der Waals surface area contributed by atoms with E-state index in [-0.39, 0.29) is 21.5 Å². The predicted molar refractivity (Wildman–Crippen MR) is 107 cm³/mol. The summed E-state index contributed by atoms with van der Waals surface area (Å²) in [7, 11) is 1.55. The fraction of sp³-hybridized carbons (Fsp3) is 0.100. The van der Waals surface area contributed by atoms with Crippen LogP contribution >= 0.6 is 23.2 Å². The molecule has 0 saturated carbocycles. The molecule has 0 aromatic heterocycles. The molecule has 0 saturated heterocycles. The molecule has 0 heterocycles. The number of ether oxygens (including phenoxy) is 1. The number of hydrogen-bond acceptors (Lipinski definition) is 5. The summed E-state index contributed by atoms with van der Waals surface area (Å²) in [5.41, 5.74) is 2.04. The molecule has 3 rings (SSSR count). The number of hydrogen-bond donors (Lipinski definition) is 2. The van der Waals surface area contributed by atoms with Gasteiger partial charge in [0.05, 0.1) is 7.11 Å². The van der Waals surface area contributed by atoms with E-state index in [9.17, 15) is 9.59 Å². The molecule has 7 heteroatoms. The first-order valence-corrected chi connectivity index (χ1v) is 8.80. The van der Waals surface area contributed by atoms with Gasteiger partial charge < -0.3 is 15.4 Å². The van der Waals surface area contributed by atoms with Gasteiger partial charge in [0.2, 0.25) is 11.6 Å². The van der Waals surface area contributed by atoms with Gasteiger partial charge in [-0.25, -0.2) is 0 Å². The molecule has 0 unspecified atom stereocenters. The fourth-order valence-corrected chi connectivity index (χ4v) is 2.99. The largest absolute Gasteiger partial charge is 0.497 e. The van der Waals surface area contributed by atoms with E-state index in [0.29, 0.717) is 17.1 Å². The SMILES string of the molecule is COc1ccc(NC2=C(Cl)C(=O)C(Nc3ccccc3C)=C(Cl)C2=O)cc1. The highest BCUT2D eigenvalue weighted by atomic mass is 35.5. The highest BCUT2D eigenvalue weighted by molar-refractivity contribution is 6.56. The summed E-state index contributed by atoms with van der Waals surface area (Å²) >= 11 is 12.4. The molecule has 0 aliphatic heterocycles. The number of allylic oxidation sites excluding steroid dienone is 2. The highest BCUT2D eigenvalue weighted by Crippen LogP contribution is 2.31. The van der Waals surface area contributed by atoms with Crippen LogP contribution in [0.1, 0.15) is 5.56 Å².